The Labute approximate surface area is 107 Å². The van der Waals surface area contributed by atoms with Crippen LogP contribution in [0.15, 0.2) is 0 Å². The Morgan fingerprint density at radius 3 is 2.67 bits per heavy atom. The fourth-order valence-electron chi connectivity index (χ4n) is 2.87. The molecule has 2 aliphatic heterocycles. The summed E-state index contributed by atoms with van der Waals surface area (Å²) in [6.45, 7) is 0.732. The van der Waals surface area contributed by atoms with E-state index in [-0.39, 0.29) is 29.3 Å². The van der Waals surface area contributed by atoms with Crippen LogP contribution >= 0.6 is 0 Å². The SMILES string of the molecule is CNC(=O)[C@@H]1C[C@H]2CN(S(=O)(=O)C3CC3)C[C@@H]1O2. The summed E-state index contributed by atoms with van der Waals surface area (Å²) in [6.07, 6.45) is 1.76. The number of carbonyl (C=O) groups excluding carboxylic acids is 1. The van der Waals surface area contributed by atoms with Gasteiger partial charge in [-0.15, -0.1) is 0 Å². The lowest BCUT2D eigenvalue weighted by atomic mass is 10.00. The molecule has 3 fully saturated rings. The van der Waals surface area contributed by atoms with E-state index in [1.807, 2.05) is 0 Å². The molecule has 3 rings (SSSR count). The van der Waals surface area contributed by atoms with Crippen LogP contribution in [0.5, 0.6) is 0 Å². The molecule has 0 aromatic carbocycles. The Morgan fingerprint density at radius 1 is 1.33 bits per heavy atom. The summed E-state index contributed by atoms with van der Waals surface area (Å²) in [5.41, 5.74) is 0. The number of sulfonamides is 1. The van der Waals surface area contributed by atoms with Crippen molar-refractivity contribution in [3.8, 4) is 0 Å². The molecule has 3 atom stereocenters. The molecule has 0 aromatic rings. The summed E-state index contributed by atoms with van der Waals surface area (Å²) >= 11 is 0. The van der Waals surface area contributed by atoms with E-state index in [1.54, 1.807) is 7.05 Å². The third-order valence-electron chi connectivity index (χ3n) is 4.01. The monoisotopic (exact) mass is 274 g/mol. The molecule has 1 saturated carbocycles. The predicted molar refractivity (Wildman–Crippen MR) is 64.3 cm³/mol. The zero-order chi connectivity index (χ0) is 12.9. The average Bonchev–Trinajstić information content (AvgIpc) is 3.15. The molecule has 0 radical (unpaired) electrons. The van der Waals surface area contributed by atoms with Crippen LogP contribution in [0.4, 0.5) is 0 Å². The van der Waals surface area contributed by atoms with E-state index < -0.39 is 10.0 Å². The van der Waals surface area contributed by atoms with Crippen molar-refractivity contribution in [1.29, 1.82) is 0 Å². The van der Waals surface area contributed by atoms with Gasteiger partial charge in [0.05, 0.1) is 23.4 Å². The highest BCUT2D eigenvalue weighted by Crippen LogP contribution is 2.37. The Morgan fingerprint density at radius 2 is 2.06 bits per heavy atom. The number of amides is 1. The van der Waals surface area contributed by atoms with Gasteiger partial charge in [0.2, 0.25) is 15.9 Å². The van der Waals surface area contributed by atoms with Crippen molar-refractivity contribution in [2.24, 2.45) is 5.92 Å². The molecule has 3 aliphatic rings. The number of fused-ring (bicyclic) bond motifs is 2. The lowest BCUT2D eigenvalue weighted by Gasteiger charge is -2.31. The normalized spacial score (nSPS) is 36.6. The molecule has 1 aliphatic carbocycles. The maximum absolute atomic E-state index is 12.2. The molecule has 0 aromatic heterocycles. The summed E-state index contributed by atoms with van der Waals surface area (Å²) in [6, 6.07) is 0. The van der Waals surface area contributed by atoms with Gasteiger partial charge >= 0.3 is 0 Å². The molecule has 0 spiro atoms. The highest BCUT2D eigenvalue weighted by Gasteiger charge is 2.50. The number of carbonyl (C=O) groups is 1. The van der Waals surface area contributed by atoms with Crippen molar-refractivity contribution in [3.63, 3.8) is 0 Å². The van der Waals surface area contributed by atoms with E-state index >= 15 is 0 Å². The summed E-state index contributed by atoms with van der Waals surface area (Å²) in [7, 11) is -1.55. The number of hydrogen-bond donors (Lipinski definition) is 1. The van der Waals surface area contributed by atoms with Crippen molar-refractivity contribution in [2.75, 3.05) is 20.1 Å². The molecule has 0 unspecified atom stereocenters. The van der Waals surface area contributed by atoms with Gasteiger partial charge < -0.3 is 10.1 Å². The molecular formula is C11H18N2O4S. The number of rotatable bonds is 3. The van der Waals surface area contributed by atoms with Gasteiger partial charge in [-0.25, -0.2) is 8.42 Å². The first-order valence-electron chi connectivity index (χ1n) is 6.38. The molecule has 7 heteroatoms. The van der Waals surface area contributed by atoms with Gasteiger partial charge in [-0.1, -0.05) is 0 Å². The highest BCUT2D eigenvalue weighted by molar-refractivity contribution is 7.90. The average molecular weight is 274 g/mol. The van der Waals surface area contributed by atoms with E-state index in [2.05, 4.69) is 5.32 Å². The van der Waals surface area contributed by atoms with Crippen molar-refractivity contribution in [3.05, 3.63) is 0 Å². The minimum Gasteiger partial charge on any atom is -0.371 e. The fraction of sp³-hybridized carbons (Fsp3) is 0.909. The Bertz CT molecular complexity index is 460. The molecule has 2 bridgehead atoms. The summed E-state index contributed by atoms with van der Waals surface area (Å²) in [5, 5.41) is 2.43. The van der Waals surface area contributed by atoms with Gasteiger partial charge in [-0.3, -0.25) is 4.79 Å². The van der Waals surface area contributed by atoms with Crippen molar-refractivity contribution in [2.45, 2.75) is 36.7 Å². The fourth-order valence-corrected chi connectivity index (χ4v) is 4.75. The number of morpholine rings is 1. The second-order valence-electron chi connectivity index (χ2n) is 5.31. The summed E-state index contributed by atoms with van der Waals surface area (Å²) in [4.78, 5) is 11.7. The molecule has 102 valence electrons. The van der Waals surface area contributed by atoms with Crippen LogP contribution in [0.1, 0.15) is 19.3 Å². The molecular weight excluding hydrogens is 256 g/mol. The molecule has 6 nitrogen and oxygen atoms in total. The van der Waals surface area contributed by atoms with E-state index in [1.165, 1.54) is 4.31 Å². The standard InChI is InChI=1S/C11H18N2O4S/c1-12-11(14)9-4-7-5-13(6-10(9)17-7)18(15,16)8-2-3-8/h7-10H,2-6H2,1H3,(H,12,14)/t7-,9+,10-/m0/s1. The first kappa shape index (κ1) is 12.4. The van der Waals surface area contributed by atoms with Crippen LogP contribution in [0.2, 0.25) is 0 Å². The Kier molecular flexibility index (Phi) is 2.87. The molecule has 1 N–H and O–H groups in total. The van der Waals surface area contributed by atoms with Crippen LogP contribution in [-0.2, 0) is 19.6 Å². The topological polar surface area (TPSA) is 75.7 Å². The van der Waals surface area contributed by atoms with E-state index in [0.717, 1.165) is 12.8 Å². The maximum atomic E-state index is 12.2. The first-order valence-corrected chi connectivity index (χ1v) is 7.88. The number of ether oxygens (including phenoxy) is 1. The van der Waals surface area contributed by atoms with Crippen molar-refractivity contribution < 1.29 is 17.9 Å². The molecule has 2 heterocycles. The van der Waals surface area contributed by atoms with E-state index in [0.29, 0.717) is 19.5 Å². The number of hydrogen-bond acceptors (Lipinski definition) is 4. The lowest BCUT2D eigenvalue weighted by molar-refractivity contribution is -0.126. The second-order valence-corrected chi connectivity index (χ2v) is 7.53. The predicted octanol–water partition coefficient (Wildman–Crippen LogP) is -0.686. The minimum absolute atomic E-state index is 0.0480. The smallest absolute Gasteiger partial charge is 0.225 e. The molecule has 18 heavy (non-hydrogen) atoms. The van der Waals surface area contributed by atoms with Crippen LogP contribution in [0.25, 0.3) is 0 Å². The number of nitrogens with one attached hydrogen (secondary N) is 1. The van der Waals surface area contributed by atoms with Gasteiger partial charge in [0.25, 0.3) is 0 Å². The minimum atomic E-state index is -3.15. The highest BCUT2D eigenvalue weighted by atomic mass is 32.2. The van der Waals surface area contributed by atoms with Crippen molar-refractivity contribution in [1.82, 2.24) is 9.62 Å². The maximum Gasteiger partial charge on any atom is 0.225 e. The Balaban J connectivity index is 1.75. The summed E-state index contributed by atoms with van der Waals surface area (Å²) in [5.74, 6) is -0.257. The van der Waals surface area contributed by atoms with Crippen LogP contribution in [0.3, 0.4) is 0 Å². The first-order chi connectivity index (χ1) is 8.52. The van der Waals surface area contributed by atoms with Crippen molar-refractivity contribution >= 4 is 15.9 Å². The van der Waals surface area contributed by atoms with Gasteiger partial charge in [0.15, 0.2) is 0 Å². The summed E-state index contributed by atoms with van der Waals surface area (Å²) < 4.78 is 31.6. The molecule has 2 saturated heterocycles. The zero-order valence-electron chi connectivity index (χ0n) is 10.3. The van der Waals surface area contributed by atoms with Gasteiger partial charge in [0, 0.05) is 20.1 Å². The van der Waals surface area contributed by atoms with Crippen LogP contribution in [0, 0.1) is 5.92 Å². The largest absolute Gasteiger partial charge is 0.371 e. The third kappa shape index (κ3) is 1.94. The number of nitrogens with zero attached hydrogens (tertiary/aromatic N) is 1. The van der Waals surface area contributed by atoms with Gasteiger partial charge in [-0.2, -0.15) is 4.31 Å². The lowest BCUT2D eigenvalue weighted by Crippen LogP contribution is -2.48. The zero-order valence-corrected chi connectivity index (χ0v) is 11.1. The van der Waals surface area contributed by atoms with E-state index in [4.69, 9.17) is 4.74 Å². The van der Waals surface area contributed by atoms with Crippen LogP contribution < -0.4 is 5.32 Å². The second kappa shape index (κ2) is 4.18. The van der Waals surface area contributed by atoms with Gasteiger partial charge in [0.1, 0.15) is 0 Å². The Hall–Kier alpha value is -0.660. The van der Waals surface area contributed by atoms with Gasteiger partial charge in [-0.05, 0) is 19.3 Å². The molecule has 1 amide bonds. The third-order valence-corrected chi connectivity index (χ3v) is 6.34. The van der Waals surface area contributed by atoms with E-state index in [9.17, 15) is 13.2 Å². The quantitative estimate of drug-likeness (QED) is 0.739. The van der Waals surface area contributed by atoms with Crippen LogP contribution in [-0.4, -0.2) is 56.2 Å².